The van der Waals surface area contributed by atoms with Crippen LogP contribution in [0.2, 0.25) is 0 Å². The van der Waals surface area contributed by atoms with Crippen LogP contribution in [0.15, 0.2) is 98.1 Å². The number of imide groups is 2. The molecule has 4 amide bonds. The van der Waals surface area contributed by atoms with E-state index in [0.29, 0.717) is 28.8 Å². The standard InChI is InChI=1S/C45H48N7O4.2CH3/c1-47-26-27-49(30-47)23-8-5-12-32-17-18-38-40-33(32)13-9-16-36(40)44(55)52(45(38)56)25-7-4-3-6-22-50-28-29-51(31-50)24-11-21-46-39-20-19-37-41-34(39)14-10-15-35(41)42(53)48(2)43(37)54;;/h9-10,13-20,26-31H,3-8,11-12,21-25H2,1-2H3;2*1H3/q+1;2*-1/p+1. The summed E-state index contributed by atoms with van der Waals surface area (Å²) in [6, 6.07) is 19.2. The van der Waals surface area contributed by atoms with Crippen LogP contribution in [0.5, 0.6) is 0 Å². The summed E-state index contributed by atoms with van der Waals surface area (Å²) < 4.78 is 8.63. The quantitative estimate of drug-likeness (QED) is 0.0456. The number of rotatable bonds is 17. The fraction of sp³-hybridized carbons (Fsp3) is 0.319. The van der Waals surface area contributed by atoms with Crippen LogP contribution in [0, 0.1) is 14.9 Å². The Morgan fingerprint density at radius 2 is 1.17 bits per heavy atom. The van der Waals surface area contributed by atoms with E-state index in [4.69, 9.17) is 0 Å². The summed E-state index contributed by atoms with van der Waals surface area (Å²) in [7, 11) is 3.55. The topological polar surface area (TPSA) is 104 Å². The molecule has 11 nitrogen and oxygen atoms in total. The molecule has 0 radical (unpaired) electrons. The largest absolute Gasteiger partial charge is 0.384 e. The van der Waals surface area contributed by atoms with E-state index in [1.165, 1.54) is 22.4 Å². The Balaban J connectivity index is 0.00000283. The zero-order valence-electron chi connectivity index (χ0n) is 34.2. The molecule has 0 saturated carbocycles. The first kappa shape index (κ1) is 41.5. The summed E-state index contributed by atoms with van der Waals surface area (Å²) in [5.41, 5.74) is 4.50. The molecule has 0 bridgehead atoms. The van der Waals surface area contributed by atoms with Gasteiger partial charge >= 0.3 is 0 Å². The van der Waals surface area contributed by atoms with Crippen molar-refractivity contribution in [2.75, 3.05) is 25.5 Å². The number of amides is 4. The molecule has 0 saturated heterocycles. The minimum atomic E-state index is -0.268. The SMILES string of the molecule is CN1C(=O)c2cccc3c(NCCC[n+]4ccn(CCCCCCN5C(=O)c6cccc7c(CCCCn8cc[n+](C)c8)ccc(c67)C5=O)c4)ccc(c23)C1=O.[CH3-].[CH3-]. The van der Waals surface area contributed by atoms with Crippen LogP contribution in [0.1, 0.15) is 91.9 Å². The average Bonchev–Trinajstić information content (AvgIpc) is 3.86. The van der Waals surface area contributed by atoms with Crippen LogP contribution in [-0.4, -0.2) is 62.7 Å². The molecule has 0 atom stereocenters. The van der Waals surface area contributed by atoms with Gasteiger partial charge in [0.25, 0.3) is 23.6 Å². The predicted octanol–water partition coefficient (Wildman–Crippen LogP) is 7.22. The van der Waals surface area contributed by atoms with Crippen LogP contribution in [-0.2, 0) is 33.1 Å². The van der Waals surface area contributed by atoms with Crippen molar-refractivity contribution < 1.29 is 28.3 Å². The minimum Gasteiger partial charge on any atom is -0.384 e. The normalized spacial score (nSPS) is 13.3. The van der Waals surface area contributed by atoms with Crippen LogP contribution >= 0.6 is 0 Å². The molecule has 2 aromatic heterocycles. The smallest absolute Gasteiger partial charge is 0.261 e. The van der Waals surface area contributed by atoms with Gasteiger partial charge in [-0.05, 0) is 79.8 Å². The van der Waals surface area contributed by atoms with Gasteiger partial charge in [0, 0.05) is 70.7 Å². The molecule has 2 aliphatic heterocycles. The van der Waals surface area contributed by atoms with Gasteiger partial charge in [-0.1, -0.05) is 36.8 Å². The number of nitrogens with zero attached hydrogens (tertiary/aromatic N) is 6. The van der Waals surface area contributed by atoms with Crippen LogP contribution in [0.25, 0.3) is 21.5 Å². The third-order valence-electron chi connectivity index (χ3n) is 11.3. The molecule has 4 heterocycles. The molecular weight excluding hydrogens is 727 g/mol. The number of hydrogen-bond acceptors (Lipinski definition) is 5. The van der Waals surface area contributed by atoms with E-state index in [1.807, 2.05) is 60.3 Å². The van der Waals surface area contributed by atoms with Crippen LogP contribution in [0.4, 0.5) is 5.69 Å². The number of benzene rings is 4. The Morgan fingerprint density at radius 3 is 1.90 bits per heavy atom. The first-order chi connectivity index (χ1) is 27.3. The number of nitrogens with one attached hydrogen (secondary N) is 1. The fourth-order valence-electron chi connectivity index (χ4n) is 8.35. The van der Waals surface area contributed by atoms with Crippen molar-refractivity contribution in [1.82, 2.24) is 18.9 Å². The van der Waals surface area contributed by atoms with Crippen molar-refractivity contribution in [3.8, 4) is 0 Å². The maximum atomic E-state index is 13.6. The molecule has 4 aromatic carbocycles. The Bertz CT molecular complexity index is 2440. The average molecular weight is 782 g/mol. The molecule has 1 N–H and O–H groups in total. The van der Waals surface area contributed by atoms with Gasteiger partial charge in [-0.3, -0.25) is 29.0 Å². The number of anilines is 1. The summed E-state index contributed by atoms with van der Waals surface area (Å²) in [5.74, 6) is -0.898. The number of imidazole rings is 2. The highest BCUT2D eigenvalue weighted by Crippen LogP contribution is 2.35. The van der Waals surface area contributed by atoms with Crippen LogP contribution in [0.3, 0.4) is 0 Å². The zero-order valence-corrected chi connectivity index (χ0v) is 34.2. The molecule has 0 fully saturated rings. The number of aryl methyl sites for hydroxylation is 5. The van der Waals surface area contributed by atoms with Gasteiger partial charge in [0.05, 0.1) is 26.7 Å². The number of carbonyl (C=O) groups is 4. The summed E-state index contributed by atoms with van der Waals surface area (Å²) in [6.07, 6.45) is 20.2. The van der Waals surface area contributed by atoms with Gasteiger partial charge in [-0.25, -0.2) is 18.3 Å². The Hall–Kier alpha value is -6.10. The van der Waals surface area contributed by atoms with Crippen molar-refractivity contribution in [3.05, 3.63) is 141 Å². The van der Waals surface area contributed by atoms with E-state index in [0.717, 1.165) is 105 Å². The maximum absolute atomic E-state index is 13.6. The second kappa shape index (κ2) is 18.0. The van der Waals surface area contributed by atoms with Gasteiger partial charge in [0.15, 0.2) is 0 Å². The monoisotopic (exact) mass is 781 g/mol. The van der Waals surface area contributed by atoms with E-state index in [-0.39, 0.29) is 38.5 Å². The number of aromatic nitrogens is 4. The highest BCUT2D eigenvalue weighted by atomic mass is 16.2. The number of hydrogen-bond donors (Lipinski definition) is 1. The molecule has 2 aliphatic rings. The summed E-state index contributed by atoms with van der Waals surface area (Å²) >= 11 is 0. The molecule has 0 aliphatic carbocycles. The van der Waals surface area contributed by atoms with Crippen LogP contribution < -0.4 is 14.5 Å². The third kappa shape index (κ3) is 8.16. The van der Waals surface area contributed by atoms with Gasteiger partial charge in [-0.2, -0.15) is 0 Å². The molecule has 58 heavy (non-hydrogen) atoms. The number of unbranched alkanes of at least 4 members (excludes halogenated alkanes) is 4. The lowest BCUT2D eigenvalue weighted by Gasteiger charge is -2.28. The second-order valence-corrected chi connectivity index (χ2v) is 15.2. The maximum Gasteiger partial charge on any atom is 0.261 e. The van der Waals surface area contributed by atoms with Gasteiger partial charge in [-0.15, -0.1) is 0 Å². The number of carbonyl (C=O) groups excluding carboxylic acids is 4. The van der Waals surface area contributed by atoms with Crippen molar-refractivity contribution in [3.63, 3.8) is 0 Å². The van der Waals surface area contributed by atoms with Crippen molar-refractivity contribution in [2.45, 2.75) is 71.0 Å². The van der Waals surface area contributed by atoms with Crippen molar-refractivity contribution in [2.24, 2.45) is 7.05 Å². The van der Waals surface area contributed by atoms with Gasteiger partial charge in [0.1, 0.15) is 24.8 Å². The molecular formula is C47H55N7O4. The zero-order chi connectivity index (χ0) is 38.8. The second-order valence-electron chi connectivity index (χ2n) is 15.2. The predicted molar refractivity (Wildman–Crippen MR) is 227 cm³/mol. The van der Waals surface area contributed by atoms with E-state index in [1.54, 1.807) is 6.07 Å². The highest BCUT2D eigenvalue weighted by molar-refractivity contribution is 6.27. The summed E-state index contributed by atoms with van der Waals surface area (Å²) in [6.45, 7) is 3.90. The molecule has 6 aromatic rings. The summed E-state index contributed by atoms with van der Waals surface area (Å²) in [5, 5.41) is 6.96. The molecule has 0 spiro atoms. The van der Waals surface area contributed by atoms with E-state index < -0.39 is 0 Å². The van der Waals surface area contributed by atoms with E-state index >= 15 is 0 Å². The van der Waals surface area contributed by atoms with Crippen molar-refractivity contribution in [1.29, 1.82) is 0 Å². The molecule has 8 rings (SSSR count). The molecule has 0 unspecified atom stereocenters. The fourth-order valence-corrected chi connectivity index (χ4v) is 8.35. The van der Waals surface area contributed by atoms with E-state index in [9.17, 15) is 19.2 Å². The Morgan fingerprint density at radius 1 is 0.586 bits per heavy atom. The lowest BCUT2D eigenvalue weighted by atomic mass is 9.89. The highest BCUT2D eigenvalue weighted by Gasteiger charge is 2.33. The summed E-state index contributed by atoms with van der Waals surface area (Å²) in [4.78, 5) is 55.3. The molecule has 11 heteroatoms. The minimum absolute atomic E-state index is 0. The van der Waals surface area contributed by atoms with E-state index in [2.05, 4.69) is 62.4 Å². The Kier molecular flexibility index (Phi) is 12.9. The lowest BCUT2D eigenvalue weighted by molar-refractivity contribution is -0.696. The van der Waals surface area contributed by atoms with Gasteiger partial charge in [0.2, 0.25) is 12.7 Å². The third-order valence-corrected chi connectivity index (χ3v) is 11.3. The van der Waals surface area contributed by atoms with Crippen molar-refractivity contribution >= 4 is 50.9 Å². The first-order valence-electron chi connectivity index (χ1n) is 19.9. The first-order valence-corrected chi connectivity index (χ1v) is 19.9. The Labute approximate surface area is 341 Å². The lowest BCUT2D eigenvalue weighted by Crippen LogP contribution is -2.40. The molecule has 302 valence electrons. The van der Waals surface area contributed by atoms with Gasteiger partial charge < -0.3 is 20.2 Å².